The summed E-state index contributed by atoms with van der Waals surface area (Å²) in [6.07, 6.45) is 3.50. The standard InChI is InChI=1S/C18H27N3O3/c1-12-15(13(2)24-19-12)9-20-10-16(14-5-8-23-17(14)11-20)18(22)21-6-3-4-7-21/h14,16-17H,3-11H2,1-2H3/t14-,16+,17+/m0/s1. The molecule has 0 radical (unpaired) electrons. The molecule has 1 amide bonds. The number of carbonyl (C=O) groups is 1. The molecule has 0 saturated carbocycles. The molecule has 4 heterocycles. The number of nitrogens with zero attached hydrogens (tertiary/aromatic N) is 3. The van der Waals surface area contributed by atoms with Gasteiger partial charge in [-0.15, -0.1) is 0 Å². The van der Waals surface area contributed by atoms with Gasteiger partial charge in [-0.25, -0.2) is 0 Å². The Hall–Kier alpha value is -1.40. The number of carbonyl (C=O) groups excluding carboxylic acids is 1. The van der Waals surface area contributed by atoms with Crippen LogP contribution in [0.2, 0.25) is 0 Å². The summed E-state index contributed by atoms with van der Waals surface area (Å²) in [6, 6.07) is 0. The average Bonchev–Trinajstić information content (AvgIpc) is 3.31. The maximum Gasteiger partial charge on any atom is 0.227 e. The third-order valence-electron chi connectivity index (χ3n) is 5.97. The van der Waals surface area contributed by atoms with Gasteiger partial charge in [0.1, 0.15) is 5.76 Å². The SMILES string of the molecule is Cc1noc(C)c1CN1C[C@H]2OCC[C@H]2[C@H](C(=O)N2CCCC2)C1. The van der Waals surface area contributed by atoms with Gasteiger partial charge in [-0.05, 0) is 33.1 Å². The summed E-state index contributed by atoms with van der Waals surface area (Å²) in [7, 11) is 0. The van der Waals surface area contributed by atoms with Crippen molar-refractivity contribution in [1.29, 1.82) is 0 Å². The summed E-state index contributed by atoms with van der Waals surface area (Å²) in [4.78, 5) is 17.5. The molecule has 4 rings (SSSR count). The van der Waals surface area contributed by atoms with E-state index in [-0.39, 0.29) is 12.0 Å². The lowest BCUT2D eigenvalue weighted by atomic mass is 9.81. The maximum absolute atomic E-state index is 13.0. The Bertz CT molecular complexity index is 589. The van der Waals surface area contributed by atoms with Crippen molar-refractivity contribution in [3.8, 4) is 0 Å². The lowest BCUT2D eigenvalue weighted by molar-refractivity contribution is -0.140. The minimum absolute atomic E-state index is 0.0739. The highest BCUT2D eigenvalue weighted by atomic mass is 16.5. The molecule has 0 aliphatic carbocycles. The molecule has 3 aliphatic heterocycles. The van der Waals surface area contributed by atoms with E-state index < -0.39 is 0 Å². The van der Waals surface area contributed by atoms with Crippen LogP contribution in [-0.2, 0) is 16.1 Å². The van der Waals surface area contributed by atoms with Crippen molar-refractivity contribution in [3.63, 3.8) is 0 Å². The van der Waals surface area contributed by atoms with Crippen LogP contribution >= 0.6 is 0 Å². The normalized spacial score (nSPS) is 30.8. The lowest BCUT2D eigenvalue weighted by Crippen LogP contribution is -2.52. The summed E-state index contributed by atoms with van der Waals surface area (Å²) in [6.45, 7) is 9.10. The van der Waals surface area contributed by atoms with E-state index in [0.717, 1.165) is 75.6 Å². The van der Waals surface area contributed by atoms with Crippen molar-refractivity contribution in [2.45, 2.75) is 45.8 Å². The summed E-state index contributed by atoms with van der Waals surface area (Å²) < 4.78 is 11.3. The van der Waals surface area contributed by atoms with Crippen molar-refractivity contribution in [1.82, 2.24) is 15.0 Å². The fraction of sp³-hybridized carbons (Fsp3) is 0.778. The van der Waals surface area contributed by atoms with Crippen molar-refractivity contribution in [3.05, 3.63) is 17.0 Å². The zero-order valence-electron chi connectivity index (χ0n) is 14.7. The molecule has 0 unspecified atom stereocenters. The Balaban J connectivity index is 1.51. The highest BCUT2D eigenvalue weighted by Crippen LogP contribution is 2.36. The van der Waals surface area contributed by atoms with E-state index in [2.05, 4.69) is 15.0 Å². The minimum Gasteiger partial charge on any atom is -0.377 e. The van der Waals surface area contributed by atoms with Gasteiger partial charge >= 0.3 is 0 Å². The smallest absolute Gasteiger partial charge is 0.227 e. The highest BCUT2D eigenvalue weighted by Gasteiger charge is 2.45. The molecular weight excluding hydrogens is 306 g/mol. The summed E-state index contributed by atoms with van der Waals surface area (Å²) >= 11 is 0. The molecule has 0 bridgehead atoms. The monoisotopic (exact) mass is 333 g/mol. The summed E-state index contributed by atoms with van der Waals surface area (Å²) in [5, 5.41) is 4.06. The molecule has 3 fully saturated rings. The molecule has 0 N–H and O–H groups in total. The van der Waals surface area contributed by atoms with Crippen LogP contribution in [0.1, 0.15) is 36.3 Å². The van der Waals surface area contributed by atoms with Crippen molar-refractivity contribution in [2.24, 2.45) is 11.8 Å². The molecule has 24 heavy (non-hydrogen) atoms. The number of hydrogen-bond acceptors (Lipinski definition) is 5. The number of amides is 1. The molecule has 6 heteroatoms. The third-order valence-corrected chi connectivity index (χ3v) is 5.97. The molecule has 6 nitrogen and oxygen atoms in total. The molecule has 3 atom stereocenters. The number of hydrogen-bond donors (Lipinski definition) is 0. The number of rotatable bonds is 3. The molecule has 1 aromatic heterocycles. The first-order chi connectivity index (χ1) is 11.6. The van der Waals surface area contributed by atoms with Gasteiger partial charge in [-0.3, -0.25) is 9.69 Å². The predicted molar refractivity (Wildman–Crippen MR) is 88.4 cm³/mol. The van der Waals surface area contributed by atoms with Crippen LogP contribution in [0.4, 0.5) is 0 Å². The van der Waals surface area contributed by atoms with Gasteiger partial charge in [0, 0.05) is 50.8 Å². The molecule has 3 saturated heterocycles. The van der Waals surface area contributed by atoms with Crippen molar-refractivity contribution >= 4 is 5.91 Å². The first-order valence-corrected chi connectivity index (χ1v) is 9.18. The summed E-state index contributed by atoms with van der Waals surface area (Å²) in [5.74, 6) is 1.68. The number of piperidine rings is 1. The predicted octanol–water partition coefficient (Wildman–Crippen LogP) is 1.75. The van der Waals surface area contributed by atoms with E-state index in [1.165, 1.54) is 0 Å². The molecule has 3 aliphatic rings. The molecule has 0 aromatic carbocycles. The molecule has 1 aromatic rings. The second-order valence-electron chi connectivity index (χ2n) is 7.50. The van der Waals surface area contributed by atoms with Gasteiger partial charge in [-0.1, -0.05) is 5.16 Å². The van der Waals surface area contributed by atoms with Crippen LogP contribution in [0.5, 0.6) is 0 Å². The Kier molecular flexibility index (Phi) is 4.35. The van der Waals surface area contributed by atoms with Crippen LogP contribution in [0.15, 0.2) is 4.52 Å². The molecular formula is C18H27N3O3. The van der Waals surface area contributed by atoms with Gasteiger partial charge in [0.2, 0.25) is 5.91 Å². The van der Waals surface area contributed by atoms with Crippen LogP contribution in [-0.4, -0.2) is 59.8 Å². The fourth-order valence-electron chi connectivity index (χ4n) is 4.57. The van der Waals surface area contributed by atoms with Crippen LogP contribution in [0, 0.1) is 25.7 Å². The Labute approximate surface area is 143 Å². The van der Waals surface area contributed by atoms with Gasteiger partial charge in [0.25, 0.3) is 0 Å². The topological polar surface area (TPSA) is 58.8 Å². The number of likely N-dealkylation sites (tertiary alicyclic amines) is 2. The third kappa shape index (κ3) is 2.86. The Morgan fingerprint density at radius 2 is 2.04 bits per heavy atom. The average molecular weight is 333 g/mol. The fourth-order valence-corrected chi connectivity index (χ4v) is 4.57. The Morgan fingerprint density at radius 1 is 1.25 bits per heavy atom. The van der Waals surface area contributed by atoms with Crippen LogP contribution < -0.4 is 0 Å². The second kappa shape index (κ2) is 6.48. The molecule has 0 spiro atoms. The number of aryl methyl sites for hydroxylation is 2. The van der Waals surface area contributed by atoms with Crippen molar-refractivity contribution < 1.29 is 14.1 Å². The molecule has 132 valence electrons. The zero-order chi connectivity index (χ0) is 16.7. The van der Waals surface area contributed by atoms with Crippen LogP contribution in [0.25, 0.3) is 0 Å². The second-order valence-corrected chi connectivity index (χ2v) is 7.50. The van der Waals surface area contributed by atoms with Gasteiger partial charge < -0.3 is 14.2 Å². The van der Waals surface area contributed by atoms with E-state index in [9.17, 15) is 4.79 Å². The quantitative estimate of drug-likeness (QED) is 0.843. The number of fused-ring (bicyclic) bond motifs is 1. The first kappa shape index (κ1) is 16.1. The van der Waals surface area contributed by atoms with Gasteiger partial charge in [-0.2, -0.15) is 0 Å². The van der Waals surface area contributed by atoms with Crippen molar-refractivity contribution in [2.75, 3.05) is 32.8 Å². The van der Waals surface area contributed by atoms with E-state index in [1.807, 2.05) is 13.8 Å². The summed E-state index contributed by atoms with van der Waals surface area (Å²) in [5.41, 5.74) is 2.10. The van der Waals surface area contributed by atoms with E-state index in [1.54, 1.807) is 0 Å². The van der Waals surface area contributed by atoms with Gasteiger partial charge in [0.15, 0.2) is 0 Å². The van der Waals surface area contributed by atoms with E-state index in [4.69, 9.17) is 9.26 Å². The van der Waals surface area contributed by atoms with Crippen LogP contribution in [0.3, 0.4) is 0 Å². The minimum atomic E-state index is 0.0739. The van der Waals surface area contributed by atoms with E-state index in [0.29, 0.717) is 11.8 Å². The first-order valence-electron chi connectivity index (χ1n) is 9.18. The number of ether oxygens (including phenoxy) is 1. The number of aromatic nitrogens is 1. The maximum atomic E-state index is 13.0. The van der Waals surface area contributed by atoms with Gasteiger partial charge in [0.05, 0.1) is 17.7 Å². The lowest BCUT2D eigenvalue weighted by Gasteiger charge is -2.40. The largest absolute Gasteiger partial charge is 0.377 e. The Morgan fingerprint density at radius 3 is 2.75 bits per heavy atom. The zero-order valence-corrected chi connectivity index (χ0v) is 14.7. The highest BCUT2D eigenvalue weighted by molar-refractivity contribution is 5.80. The van der Waals surface area contributed by atoms with E-state index >= 15 is 0 Å².